The molecule has 0 N–H and O–H groups in total. The van der Waals surface area contributed by atoms with Crippen LogP contribution in [0.4, 0.5) is 0 Å². The predicted molar refractivity (Wildman–Crippen MR) is 118 cm³/mol. The molecule has 0 aliphatic rings. The van der Waals surface area contributed by atoms with E-state index < -0.39 is 0 Å². The van der Waals surface area contributed by atoms with Crippen LogP contribution in [0.1, 0.15) is 19.4 Å². The third kappa shape index (κ3) is 3.31. The van der Waals surface area contributed by atoms with Crippen LogP contribution in [0, 0.1) is 5.92 Å². The van der Waals surface area contributed by atoms with E-state index in [1.54, 1.807) is 0 Å². The molecule has 0 radical (unpaired) electrons. The molecule has 3 aromatic carbocycles. The summed E-state index contributed by atoms with van der Waals surface area (Å²) in [5, 5.41) is 1.14. The Morgan fingerprint density at radius 1 is 0.828 bits per heavy atom. The van der Waals surface area contributed by atoms with Gasteiger partial charge in [-0.3, -0.25) is 0 Å². The fraction of sp³-hybridized carbons (Fsp3) is 0.200. The van der Waals surface area contributed by atoms with Crippen LogP contribution in [0.2, 0.25) is 0 Å². The first-order valence-corrected chi connectivity index (χ1v) is 10.0. The Morgan fingerprint density at radius 3 is 2.28 bits per heavy atom. The number of ether oxygens (including phenoxy) is 1. The first-order chi connectivity index (χ1) is 14.2. The average molecular weight is 381 g/mol. The summed E-state index contributed by atoms with van der Waals surface area (Å²) in [5.41, 5.74) is 6.08. The predicted octanol–water partition coefficient (Wildman–Crippen LogP) is 5.82. The zero-order valence-corrected chi connectivity index (χ0v) is 16.7. The fourth-order valence-electron chi connectivity index (χ4n) is 3.68. The van der Waals surface area contributed by atoms with Gasteiger partial charge in [-0.05, 0) is 41.8 Å². The number of benzene rings is 3. The van der Waals surface area contributed by atoms with Gasteiger partial charge >= 0.3 is 0 Å². The Bertz CT molecular complexity index is 1300. The van der Waals surface area contributed by atoms with Crippen LogP contribution in [0.5, 0.6) is 5.75 Å². The number of rotatable bonds is 5. The molecule has 0 saturated heterocycles. The molecule has 0 atom stereocenters. The Morgan fingerprint density at radius 2 is 1.52 bits per heavy atom. The number of hydrogen-bond donors (Lipinski definition) is 0. The topological polar surface area (TPSA) is 39.9 Å². The molecule has 2 heterocycles. The van der Waals surface area contributed by atoms with E-state index in [-0.39, 0.29) is 0 Å². The summed E-state index contributed by atoms with van der Waals surface area (Å²) in [4.78, 5) is 9.87. The van der Waals surface area contributed by atoms with Crippen LogP contribution in [0.3, 0.4) is 0 Å². The van der Waals surface area contributed by atoms with E-state index in [0.717, 1.165) is 52.0 Å². The van der Waals surface area contributed by atoms with Gasteiger partial charge in [0.15, 0.2) is 5.65 Å². The van der Waals surface area contributed by atoms with Gasteiger partial charge in [0.1, 0.15) is 11.3 Å². The minimum Gasteiger partial charge on any atom is -0.493 e. The highest BCUT2D eigenvalue weighted by molar-refractivity contribution is 6.06. The quantitative estimate of drug-likeness (QED) is 0.385. The lowest BCUT2D eigenvalue weighted by atomic mass is 10.2. The van der Waals surface area contributed by atoms with Crippen molar-refractivity contribution in [1.29, 1.82) is 0 Å². The third-order valence-electron chi connectivity index (χ3n) is 5.11. The monoisotopic (exact) mass is 381 g/mol. The van der Waals surface area contributed by atoms with E-state index in [0.29, 0.717) is 5.92 Å². The number of nitrogens with zero attached hydrogens (tertiary/aromatic N) is 3. The number of para-hydroxylation sites is 3. The maximum absolute atomic E-state index is 5.82. The summed E-state index contributed by atoms with van der Waals surface area (Å²) < 4.78 is 8.08. The van der Waals surface area contributed by atoms with Crippen molar-refractivity contribution in [1.82, 2.24) is 14.5 Å². The van der Waals surface area contributed by atoms with Crippen LogP contribution in [0.15, 0.2) is 72.8 Å². The SMILES string of the molecule is CC(C)COc1ccc(Cn2c3ccccc3c3nc4ccccc4nc32)cc1. The van der Waals surface area contributed by atoms with Gasteiger partial charge in [-0.25, -0.2) is 9.97 Å². The van der Waals surface area contributed by atoms with E-state index in [9.17, 15) is 0 Å². The minimum atomic E-state index is 0.515. The van der Waals surface area contributed by atoms with Crippen molar-refractivity contribution in [2.75, 3.05) is 6.61 Å². The highest BCUT2D eigenvalue weighted by atomic mass is 16.5. The number of hydrogen-bond acceptors (Lipinski definition) is 3. The zero-order chi connectivity index (χ0) is 19.8. The van der Waals surface area contributed by atoms with E-state index in [2.05, 4.69) is 54.8 Å². The molecule has 0 unspecified atom stereocenters. The van der Waals surface area contributed by atoms with E-state index in [4.69, 9.17) is 14.7 Å². The van der Waals surface area contributed by atoms with Crippen molar-refractivity contribution in [2.45, 2.75) is 20.4 Å². The molecule has 0 aliphatic carbocycles. The van der Waals surface area contributed by atoms with Crippen molar-refractivity contribution in [2.24, 2.45) is 5.92 Å². The Hall–Kier alpha value is -3.40. The van der Waals surface area contributed by atoms with Gasteiger partial charge in [0, 0.05) is 11.9 Å². The van der Waals surface area contributed by atoms with Gasteiger partial charge in [0.05, 0.1) is 23.2 Å². The second kappa shape index (κ2) is 7.21. The summed E-state index contributed by atoms with van der Waals surface area (Å²) in [7, 11) is 0. The second-order valence-corrected chi connectivity index (χ2v) is 7.84. The van der Waals surface area contributed by atoms with Gasteiger partial charge in [0.2, 0.25) is 0 Å². The maximum Gasteiger partial charge on any atom is 0.160 e. The van der Waals surface area contributed by atoms with Crippen molar-refractivity contribution in [3.63, 3.8) is 0 Å². The fourth-order valence-corrected chi connectivity index (χ4v) is 3.68. The lowest BCUT2D eigenvalue weighted by Gasteiger charge is -2.10. The molecule has 29 heavy (non-hydrogen) atoms. The van der Waals surface area contributed by atoms with Crippen LogP contribution >= 0.6 is 0 Å². The van der Waals surface area contributed by atoms with Gasteiger partial charge in [-0.1, -0.05) is 56.3 Å². The zero-order valence-electron chi connectivity index (χ0n) is 16.7. The van der Waals surface area contributed by atoms with Gasteiger partial charge < -0.3 is 9.30 Å². The molecular weight excluding hydrogens is 358 g/mol. The van der Waals surface area contributed by atoms with Crippen molar-refractivity contribution in [3.8, 4) is 5.75 Å². The lowest BCUT2D eigenvalue weighted by molar-refractivity contribution is 0.271. The molecule has 5 rings (SSSR count). The van der Waals surface area contributed by atoms with Gasteiger partial charge in [-0.2, -0.15) is 0 Å². The summed E-state index contributed by atoms with van der Waals surface area (Å²) >= 11 is 0. The van der Waals surface area contributed by atoms with E-state index >= 15 is 0 Å². The first kappa shape index (κ1) is 17.7. The molecule has 4 heteroatoms. The average Bonchev–Trinajstić information content (AvgIpc) is 3.04. The molecule has 0 saturated carbocycles. The normalized spacial score (nSPS) is 11.7. The smallest absolute Gasteiger partial charge is 0.160 e. The van der Waals surface area contributed by atoms with E-state index in [1.807, 2.05) is 36.4 Å². The highest BCUT2D eigenvalue weighted by Crippen LogP contribution is 2.29. The summed E-state index contributed by atoms with van der Waals surface area (Å²) in [6.45, 7) is 5.78. The standard InChI is InChI=1S/C25H23N3O/c1-17(2)16-29-19-13-11-18(12-14-19)15-28-23-10-6-3-7-20(23)24-25(28)27-22-9-5-4-8-21(22)26-24/h3-14,17H,15-16H2,1-2H3. The van der Waals surface area contributed by atoms with Crippen LogP contribution < -0.4 is 4.74 Å². The molecule has 0 aliphatic heterocycles. The Balaban J connectivity index is 1.59. The third-order valence-corrected chi connectivity index (χ3v) is 5.11. The van der Waals surface area contributed by atoms with Crippen molar-refractivity contribution >= 4 is 33.1 Å². The Labute approximate surface area is 169 Å². The van der Waals surface area contributed by atoms with Crippen LogP contribution in [0.25, 0.3) is 33.1 Å². The maximum atomic E-state index is 5.82. The highest BCUT2D eigenvalue weighted by Gasteiger charge is 2.14. The molecular formula is C25H23N3O. The molecule has 5 aromatic rings. The van der Waals surface area contributed by atoms with Crippen molar-refractivity contribution in [3.05, 3.63) is 78.4 Å². The largest absolute Gasteiger partial charge is 0.493 e. The molecule has 2 aromatic heterocycles. The van der Waals surface area contributed by atoms with Crippen LogP contribution in [-0.2, 0) is 6.54 Å². The van der Waals surface area contributed by atoms with Crippen molar-refractivity contribution < 1.29 is 4.74 Å². The summed E-state index contributed by atoms with van der Waals surface area (Å²) in [6, 6.07) is 24.8. The summed E-state index contributed by atoms with van der Waals surface area (Å²) in [6.07, 6.45) is 0. The first-order valence-electron chi connectivity index (χ1n) is 10.0. The van der Waals surface area contributed by atoms with Gasteiger partial charge in [0.25, 0.3) is 0 Å². The molecule has 144 valence electrons. The van der Waals surface area contributed by atoms with Gasteiger partial charge in [-0.15, -0.1) is 0 Å². The molecule has 0 spiro atoms. The van der Waals surface area contributed by atoms with E-state index in [1.165, 1.54) is 5.56 Å². The lowest BCUT2D eigenvalue weighted by Crippen LogP contribution is -2.05. The molecule has 0 amide bonds. The Kier molecular flexibility index (Phi) is 4.39. The summed E-state index contributed by atoms with van der Waals surface area (Å²) in [5.74, 6) is 1.43. The second-order valence-electron chi connectivity index (χ2n) is 7.84. The van der Waals surface area contributed by atoms with Crippen LogP contribution in [-0.4, -0.2) is 21.1 Å². The molecule has 4 nitrogen and oxygen atoms in total. The molecule has 0 bridgehead atoms. The molecule has 0 fully saturated rings. The number of aromatic nitrogens is 3. The number of fused-ring (bicyclic) bond motifs is 4. The minimum absolute atomic E-state index is 0.515.